The summed E-state index contributed by atoms with van der Waals surface area (Å²) in [4.78, 5) is 0. The van der Waals surface area contributed by atoms with Crippen molar-refractivity contribution in [3.05, 3.63) is 64.7 Å². The minimum atomic E-state index is 0.571. The first-order chi connectivity index (χ1) is 7.77. The van der Waals surface area contributed by atoms with Gasteiger partial charge in [0.25, 0.3) is 0 Å². The normalized spacial score (nSPS) is 10.1. The zero-order valence-electron chi connectivity index (χ0n) is 9.11. The molecule has 2 heteroatoms. The van der Waals surface area contributed by atoms with E-state index in [-0.39, 0.29) is 0 Å². The number of hydrogen-bond acceptors (Lipinski definition) is 1. The first-order valence-electron chi connectivity index (χ1n) is 5.19. The molecule has 0 radical (unpaired) electrons. The van der Waals surface area contributed by atoms with Crippen LogP contribution in [-0.4, -0.2) is 0 Å². The van der Waals surface area contributed by atoms with Crippen LogP contribution in [0.25, 0.3) is 0 Å². The molecule has 0 saturated carbocycles. The molecule has 1 nitrogen and oxygen atoms in total. The largest absolute Gasteiger partial charge is 0.489 e. The number of ether oxygens (including phenoxy) is 1. The van der Waals surface area contributed by atoms with E-state index >= 15 is 0 Å². The maximum atomic E-state index is 6.02. The van der Waals surface area contributed by atoms with Gasteiger partial charge in [0, 0.05) is 10.6 Å². The summed E-state index contributed by atoms with van der Waals surface area (Å²) in [5.41, 5.74) is 2.14. The molecule has 0 aliphatic carbocycles. The fourth-order valence-electron chi connectivity index (χ4n) is 1.48. The molecule has 16 heavy (non-hydrogen) atoms. The van der Waals surface area contributed by atoms with E-state index < -0.39 is 0 Å². The molecule has 2 aromatic carbocycles. The van der Waals surface area contributed by atoms with Gasteiger partial charge in [-0.3, -0.25) is 0 Å². The Morgan fingerprint density at radius 2 is 1.75 bits per heavy atom. The molecule has 0 saturated heterocycles. The lowest BCUT2D eigenvalue weighted by atomic mass is 10.2. The first-order valence-corrected chi connectivity index (χ1v) is 5.57. The van der Waals surface area contributed by atoms with Gasteiger partial charge in [0.1, 0.15) is 12.4 Å². The Morgan fingerprint density at radius 1 is 1.00 bits per heavy atom. The van der Waals surface area contributed by atoms with Crippen LogP contribution in [-0.2, 0) is 6.61 Å². The number of rotatable bonds is 3. The predicted molar refractivity (Wildman–Crippen MR) is 67.0 cm³/mol. The van der Waals surface area contributed by atoms with Crippen molar-refractivity contribution in [2.75, 3.05) is 0 Å². The van der Waals surface area contributed by atoms with Gasteiger partial charge in [-0.1, -0.05) is 48.0 Å². The van der Waals surface area contributed by atoms with Crippen LogP contribution < -0.4 is 4.74 Å². The summed E-state index contributed by atoms with van der Waals surface area (Å²) in [6.07, 6.45) is 0. The van der Waals surface area contributed by atoms with Crippen LogP contribution in [0, 0.1) is 6.92 Å². The van der Waals surface area contributed by atoms with Crippen molar-refractivity contribution in [1.29, 1.82) is 0 Å². The van der Waals surface area contributed by atoms with E-state index in [9.17, 15) is 0 Å². The Morgan fingerprint density at radius 3 is 2.50 bits per heavy atom. The van der Waals surface area contributed by atoms with Crippen LogP contribution in [0.1, 0.15) is 11.1 Å². The maximum Gasteiger partial charge on any atom is 0.124 e. The summed E-state index contributed by atoms with van der Waals surface area (Å²) < 4.78 is 5.72. The van der Waals surface area contributed by atoms with Crippen LogP contribution in [0.2, 0.25) is 5.02 Å². The molecule has 0 aromatic heterocycles. The SMILES string of the molecule is Cc1c(Cl)cccc1OCc1ccccc1. The van der Waals surface area contributed by atoms with Gasteiger partial charge >= 0.3 is 0 Å². The average Bonchev–Trinajstić information content (AvgIpc) is 2.32. The topological polar surface area (TPSA) is 9.23 Å². The highest BCUT2D eigenvalue weighted by atomic mass is 35.5. The molecular formula is C14H13ClO. The van der Waals surface area contributed by atoms with Gasteiger partial charge in [0.15, 0.2) is 0 Å². The van der Waals surface area contributed by atoms with Gasteiger partial charge in [-0.15, -0.1) is 0 Å². The molecule has 2 aromatic rings. The van der Waals surface area contributed by atoms with Crippen molar-refractivity contribution in [2.24, 2.45) is 0 Å². The second-order valence-corrected chi connectivity index (χ2v) is 4.04. The molecule has 0 bridgehead atoms. The van der Waals surface area contributed by atoms with Crippen molar-refractivity contribution in [3.63, 3.8) is 0 Å². The molecule has 0 unspecified atom stereocenters. The van der Waals surface area contributed by atoms with Crippen LogP contribution in [0.3, 0.4) is 0 Å². The Labute approximate surface area is 101 Å². The molecule has 82 valence electrons. The molecule has 0 fully saturated rings. The molecule has 0 amide bonds. The summed E-state index contributed by atoms with van der Waals surface area (Å²) in [6.45, 7) is 2.53. The van der Waals surface area contributed by atoms with E-state index in [1.54, 1.807) is 0 Å². The highest BCUT2D eigenvalue weighted by Crippen LogP contribution is 2.25. The second kappa shape index (κ2) is 5.04. The van der Waals surface area contributed by atoms with E-state index in [4.69, 9.17) is 16.3 Å². The van der Waals surface area contributed by atoms with Crippen molar-refractivity contribution >= 4 is 11.6 Å². The van der Waals surface area contributed by atoms with E-state index in [1.807, 2.05) is 55.5 Å². The predicted octanol–water partition coefficient (Wildman–Crippen LogP) is 4.23. The zero-order chi connectivity index (χ0) is 11.4. The quantitative estimate of drug-likeness (QED) is 0.770. The lowest BCUT2D eigenvalue weighted by Crippen LogP contribution is -1.96. The third kappa shape index (κ3) is 2.56. The Balaban J connectivity index is 2.08. The number of benzene rings is 2. The fourth-order valence-corrected chi connectivity index (χ4v) is 1.65. The Bertz CT molecular complexity index is 465. The first kappa shape index (κ1) is 11.0. The molecule has 0 atom stereocenters. The van der Waals surface area contributed by atoms with Gasteiger partial charge in [-0.2, -0.15) is 0 Å². The monoisotopic (exact) mass is 232 g/mol. The van der Waals surface area contributed by atoms with Crippen molar-refractivity contribution < 1.29 is 4.74 Å². The van der Waals surface area contributed by atoms with Crippen LogP contribution in [0.15, 0.2) is 48.5 Å². The molecule has 0 aliphatic heterocycles. The maximum absolute atomic E-state index is 6.02. The van der Waals surface area contributed by atoms with Gasteiger partial charge in [-0.25, -0.2) is 0 Å². The fraction of sp³-hybridized carbons (Fsp3) is 0.143. The highest BCUT2D eigenvalue weighted by molar-refractivity contribution is 6.31. The van der Waals surface area contributed by atoms with E-state index in [2.05, 4.69) is 0 Å². The van der Waals surface area contributed by atoms with Crippen LogP contribution in [0.4, 0.5) is 0 Å². The van der Waals surface area contributed by atoms with Crippen molar-refractivity contribution in [1.82, 2.24) is 0 Å². The van der Waals surface area contributed by atoms with Crippen molar-refractivity contribution in [2.45, 2.75) is 13.5 Å². The van der Waals surface area contributed by atoms with Gasteiger partial charge in [-0.05, 0) is 24.6 Å². The Hall–Kier alpha value is -1.47. The summed E-state index contributed by atoms with van der Waals surface area (Å²) in [6, 6.07) is 15.8. The van der Waals surface area contributed by atoms with Gasteiger partial charge < -0.3 is 4.74 Å². The zero-order valence-corrected chi connectivity index (χ0v) is 9.87. The number of hydrogen-bond donors (Lipinski definition) is 0. The molecule has 0 aliphatic rings. The molecule has 0 spiro atoms. The standard InChI is InChI=1S/C14H13ClO/c1-11-13(15)8-5-9-14(11)16-10-12-6-3-2-4-7-12/h2-9H,10H2,1H3. The second-order valence-electron chi connectivity index (χ2n) is 3.64. The smallest absolute Gasteiger partial charge is 0.124 e. The minimum Gasteiger partial charge on any atom is -0.489 e. The van der Waals surface area contributed by atoms with Gasteiger partial charge in [0.2, 0.25) is 0 Å². The lowest BCUT2D eigenvalue weighted by Gasteiger charge is -2.09. The molecule has 0 heterocycles. The molecule has 0 N–H and O–H groups in total. The third-order valence-corrected chi connectivity index (χ3v) is 2.86. The highest BCUT2D eigenvalue weighted by Gasteiger charge is 2.02. The summed E-state index contributed by atoms with van der Waals surface area (Å²) in [5, 5.41) is 0.741. The van der Waals surface area contributed by atoms with Gasteiger partial charge in [0.05, 0.1) is 0 Å². The van der Waals surface area contributed by atoms with Crippen LogP contribution >= 0.6 is 11.6 Å². The van der Waals surface area contributed by atoms with E-state index in [0.717, 1.165) is 21.9 Å². The van der Waals surface area contributed by atoms with E-state index in [0.29, 0.717) is 6.61 Å². The third-order valence-electron chi connectivity index (χ3n) is 2.46. The molecule has 2 rings (SSSR count). The lowest BCUT2D eigenvalue weighted by molar-refractivity contribution is 0.304. The van der Waals surface area contributed by atoms with E-state index in [1.165, 1.54) is 0 Å². The summed E-state index contributed by atoms with van der Waals surface area (Å²) in [5.74, 6) is 0.844. The summed E-state index contributed by atoms with van der Waals surface area (Å²) in [7, 11) is 0. The number of halogens is 1. The minimum absolute atomic E-state index is 0.571. The molecular weight excluding hydrogens is 220 g/mol. The Kier molecular flexibility index (Phi) is 3.47. The average molecular weight is 233 g/mol. The summed E-state index contributed by atoms with van der Waals surface area (Å²) >= 11 is 6.02. The van der Waals surface area contributed by atoms with Crippen molar-refractivity contribution in [3.8, 4) is 5.75 Å². The van der Waals surface area contributed by atoms with Crippen LogP contribution in [0.5, 0.6) is 5.75 Å².